The molecule has 0 bridgehead atoms. The molecular weight excluding hydrogens is 387 g/mol. The predicted octanol–water partition coefficient (Wildman–Crippen LogP) is 3.79. The number of ketones is 1. The van der Waals surface area contributed by atoms with Crippen molar-refractivity contribution in [3.63, 3.8) is 0 Å². The van der Waals surface area contributed by atoms with E-state index in [9.17, 15) is 9.59 Å². The Hall–Kier alpha value is -2.51. The van der Waals surface area contributed by atoms with Gasteiger partial charge in [0.15, 0.2) is 11.6 Å². The van der Waals surface area contributed by atoms with Crippen LogP contribution < -0.4 is 5.56 Å². The minimum absolute atomic E-state index is 0.0175. The third-order valence-corrected chi connectivity index (χ3v) is 7.34. The van der Waals surface area contributed by atoms with Crippen LogP contribution in [0.1, 0.15) is 27.2 Å². The highest BCUT2D eigenvalue weighted by molar-refractivity contribution is 7.20. The van der Waals surface area contributed by atoms with E-state index in [1.54, 1.807) is 15.9 Å². The molecule has 0 fully saturated rings. The maximum atomic E-state index is 13.6. The maximum Gasteiger partial charge on any atom is 0.263 e. The van der Waals surface area contributed by atoms with Gasteiger partial charge in [-0.25, -0.2) is 4.98 Å². The van der Waals surface area contributed by atoms with Crippen LogP contribution in [-0.4, -0.2) is 23.2 Å². The van der Waals surface area contributed by atoms with Gasteiger partial charge in [-0.1, -0.05) is 36.4 Å². The van der Waals surface area contributed by atoms with E-state index in [4.69, 9.17) is 4.98 Å². The lowest BCUT2D eigenvalue weighted by Crippen LogP contribution is -2.25. The highest BCUT2D eigenvalue weighted by Gasteiger charge is 2.30. The van der Waals surface area contributed by atoms with E-state index in [-0.39, 0.29) is 17.2 Å². The van der Waals surface area contributed by atoms with Crippen molar-refractivity contribution < 1.29 is 4.79 Å². The molecule has 138 valence electrons. The van der Waals surface area contributed by atoms with Gasteiger partial charge in [0, 0.05) is 0 Å². The monoisotopic (exact) mass is 404 g/mol. The molecule has 7 heteroatoms. The normalized spacial score (nSPS) is 16.4. The lowest BCUT2D eigenvalue weighted by Gasteiger charge is -2.16. The second-order valence-corrected chi connectivity index (χ2v) is 9.13. The molecule has 3 aromatic heterocycles. The van der Waals surface area contributed by atoms with Crippen molar-refractivity contribution in [1.29, 1.82) is 0 Å². The Morgan fingerprint density at radius 3 is 2.71 bits per heavy atom. The number of hydrogen-bond acceptors (Lipinski definition) is 5. The quantitative estimate of drug-likeness (QED) is 0.489. The molecule has 0 amide bonds. The molecule has 3 heterocycles. The number of rotatable bonds is 3. The summed E-state index contributed by atoms with van der Waals surface area (Å²) in [5.41, 5.74) is 1.91. The molecule has 1 aliphatic rings. The Kier molecular flexibility index (Phi) is 4.29. The van der Waals surface area contributed by atoms with Gasteiger partial charge in [0.25, 0.3) is 5.56 Å². The zero-order chi connectivity index (χ0) is 19.3. The van der Waals surface area contributed by atoms with Crippen LogP contribution >= 0.6 is 22.7 Å². The molecule has 0 saturated heterocycles. The SMILES string of the molecule is BC1CCc2c(sc3nc(-c4cccs4)n(Cc4ccccc4)c(=O)c23)C1=O. The number of hydrogen-bond donors (Lipinski definition) is 0. The minimum Gasteiger partial charge on any atom is -0.294 e. The van der Waals surface area contributed by atoms with Crippen LogP contribution in [-0.2, 0) is 13.0 Å². The van der Waals surface area contributed by atoms with E-state index in [1.807, 2.05) is 55.7 Å². The third-order valence-electron chi connectivity index (χ3n) is 5.33. The van der Waals surface area contributed by atoms with E-state index in [1.165, 1.54) is 11.3 Å². The van der Waals surface area contributed by atoms with Crippen LogP contribution in [0.25, 0.3) is 20.9 Å². The van der Waals surface area contributed by atoms with Gasteiger partial charge in [0.1, 0.15) is 12.7 Å². The smallest absolute Gasteiger partial charge is 0.263 e. The van der Waals surface area contributed by atoms with Crippen LogP contribution in [0.3, 0.4) is 0 Å². The summed E-state index contributed by atoms with van der Waals surface area (Å²) in [7, 11) is 1.97. The summed E-state index contributed by atoms with van der Waals surface area (Å²) in [6, 6.07) is 13.9. The molecular formula is C21H17BN2O2S2. The Bertz CT molecular complexity index is 1240. The standard InChI is InChI=1S/C21H17BN2O2S2/c22-14-9-8-13-16-20(28-18(13)17(14)25)23-19(15-7-4-10-27-15)24(21(16)26)11-12-5-2-1-3-6-12/h1-7,10,14H,8-9,11,22H2. The van der Waals surface area contributed by atoms with E-state index in [0.29, 0.717) is 22.6 Å². The number of carbonyl (C=O) groups excluding carboxylic acids is 1. The molecule has 5 rings (SSSR count). The van der Waals surface area contributed by atoms with Crippen molar-refractivity contribution in [2.75, 3.05) is 0 Å². The van der Waals surface area contributed by atoms with Crippen LogP contribution in [0.4, 0.5) is 0 Å². The molecule has 1 aromatic carbocycles. The molecule has 4 nitrogen and oxygen atoms in total. The van der Waals surface area contributed by atoms with Crippen molar-refractivity contribution in [2.45, 2.75) is 25.2 Å². The summed E-state index contributed by atoms with van der Waals surface area (Å²) >= 11 is 2.95. The summed E-state index contributed by atoms with van der Waals surface area (Å²) in [5.74, 6) is 0.843. The fourth-order valence-electron chi connectivity index (χ4n) is 3.80. The van der Waals surface area contributed by atoms with Gasteiger partial charge >= 0.3 is 0 Å². The van der Waals surface area contributed by atoms with Gasteiger partial charge in [-0.15, -0.1) is 22.7 Å². The lowest BCUT2D eigenvalue weighted by atomic mass is 9.74. The second-order valence-electron chi connectivity index (χ2n) is 7.18. The zero-order valence-corrected chi connectivity index (χ0v) is 17.0. The maximum absolute atomic E-state index is 13.6. The van der Waals surface area contributed by atoms with Gasteiger partial charge in [-0.3, -0.25) is 14.2 Å². The van der Waals surface area contributed by atoms with Gasteiger partial charge in [-0.2, -0.15) is 0 Å². The number of aryl methyl sites for hydroxylation is 1. The van der Waals surface area contributed by atoms with Crippen LogP contribution in [0, 0.1) is 0 Å². The fraction of sp³-hybridized carbons (Fsp3) is 0.190. The van der Waals surface area contributed by atoms with Crippen LogP contribution in [0.2, 0.25) is 5.82 Å². The van der Waals surface area contributed by atoms with Crippen molar-refractivity contribution in [3.05, 3.63) is 74.2 Å². The second kappa shape index (κ2) is 6.83. The van der Waals surface area contributed by atoms with Crippen molar-refractivity contribution in [2.24, 2.45) is 0 Å². The summed E-state index contributed by atoms with van der Waals surface area (Å²) in [6.07, 6.45) is 1.56. The summed E-state index contributed by atoms with van der Waals surface area (Å²) in [4.78, 5) is 33.5. The zero-order valence-electron chi connectivity index (χ0n) is 15.3. The largest absolute Gasteiger partial charge is 0.294 e. The molecule has 1 atom stereocenters. The number of benzene rings is 1. The number of carbonyl (C=O) groups is 1. The van der Waals surface area contributed by atoms with E-state index in [0.717, 1.165) is 33.7 Å². The molecule has 4 aromatic rings. The first kappa shape index (κ1) is 17.6. The molecule has 28 heavy (non-hydrogen) atoms. The summed E-state index contributed by atoms with van der Waals surface area (Å²) < 4.78 is 1.76. The topological polar surface area (TPSA) is 52.0 Å². The van der Waals surface area contributed by atoms with Crippen molar-refractivity contribution >= 4 is 46.5 Å². The molecule has 1 unspecified atom stereocenters. The van der Waals surface area contributed by atoms with E-state index in [2.05, 4.69) is 0 Å². The third kappa shape index (κ3) is 2.77. The van der Waals surface area contributed by atoms with E-state index < -0.39 is 0 Å². The first-order valence-corrected chi connectivity index (χ1v) is 11.0. The average molecular weight is 404 g/mol. The number of aromatic nitrogens is 2. The summed E-state index contributed by atoms with van der Waals surface area (Å²) in [6.45, 7) is 0.463. The Labute approximate surface area is 170 Å². The lowest BCUT2D eigenvalue weighted by molar-refractivity contribution is 0.0978. The molecule has 0 radical (unpaired) electrons. The van der Waals surface area contributed by atoms with Gasteiger partial charge in [-0.05, 0) is 41.2 Å². The Morgan fingerprint density at radius 2 is 1.96 bits per heavy atom. The predicted molar refractivity (Wildman–Crippen MR) is 118 cm³/mol. The first-order chi connectivity index (χ1) is 13.6. The average Bonchev–Trinajstić information content (AvgIpc) is 3.36. The van der Waals surface area contributed by atoms with Crippen LogP contribution in [0.15, 0.2) is 52.6 Å². The molecule has 0 aliphatic heterocycles. The summed E-state index contributed by atoms with van der Waals surface area (Å²) in [5, 5.41) is 2.62. The van der Waals surface area contributed by atoms with Crippen molar-refractivity contribution in [3.8, 4) is 10.7 Å². The van der Waals surface area contributed by atoms with Gasteiger partial charge < -0.3 is 0 Å². The molecule has 0 N–H and O–H groups in total. The number of thiophene rings is 2. The van der Waals surface area contributed by atoms with Gasteiger partial charge in [0.2, 0.25) is 0 Å². The highest BCUT2D eigenvalue weighted by atomic mass is 32.1. The fourth-order valence-corrected chi connectivity index (χ4v) is 5.79. The van der Waals surface area contributed by atoms with Crippen LogP contribution in [0.5, 0.6) is 0 Å². The number of fused-ring (bicyclic) bond motifs is 3. The van der Waals surface area contributed by atoms with E-state index >= 15 is 0 Å². The first-order valence-electron chi connectivity index (χ1n) is 9.31. The number of Topliss-reactive ketones (excluding diaryl/α,β-unsaturated/α-hetero) is 1. The molecule has 1 aliphatic carbocycles. The Morgan fingerprint density at radius 1 is 1.14 bits per heavy atom. The highest BCUT2D eigenvalue weighted by Crippen LogP contribution is 2.38. The Balaban J connectivity index is 1.79. The molecule has 0 saturated carbocycles. The molecule has 0 spiro atoms. The number of nitrogens with zero attached hydrogens (tertiary/aromatic N) is 2. The minimum atomic E-state index is -0.0443. The van der Waals surface area contributed by atoms with Crippen molar-refractivity contribution in [1.82, 2.24) is 9.55 Å². The van der Waals surface area contributed by atoms with Gasteiger partial charge in [0.05, 0.1) is 21.7 Å².